The van der Waals surface area contributed by atoms with E-state index in [1.807, 2.05) is 30.3 Å². The molecule has 0 atom stereocenters. The fourth-order valence-electron chi connectivity index (χ4n) is 1.83. The van der Waals surface area contributed by atoms with Crippen molar-refractivity contribution in [3.05, 3.63) is 63.7 Å². The maximum absolute atomic E-state index is 11.0. The van der Waals surface area contributed by atoms with E-state index in [0.717, 1.165) is 5.56 Å². The lowest BCUT2D eigenvalue weighted by Crippen LogP contribution is -2.01. The lowest BCUT2D eigenvalue weighted by Gasteiger charge is -2.11. The molecule has 0 aliphatic carbocycles. The number of carbonyl (C=O) groups is 1. The van der Waals surface area contributed by atoms with Gasteiger partial charge >= 0.3 is 0 Å². The Kier molecular flexibility index (Phi) is 4.50. The average Bonchev–Trinajstić information content (AvgIpc) is 2.52. The zero-order valence-electron chi connectivity index (χ0n) is 11.3. The molecule has 0 heterocycles. The molecular weight excluding hydrogens is 274 g/mol. The number of carbonyl (C=O) groups excluding carboxylic acids is 1. The first-order valence-electron chi connectivity index (χ1n) is 6.14. The van der Waals surface area contributed by atoms with E-state index in [1.165, 1.54) is 19.2 Å². The molecule has 0 amide bonds. The van der Waals surface area contributed by atoms with Gasteiger partial charge in [-0.25, -0.2) is 0 Å². The number of hydrogen-bond acceptors (Lipinski definition) is 5. The Morgan fingerprint density at radius 3 is 2.48 bits per heavy atom. The highest BCUT2D eigenvalue weighted by Gasteiger charge is 2.19. The summed E-state index contributed by atoms with van der Waals surface area (Å²) in [6, 6.07) is 11.9. The molecule has 21 heavy (non-hydrogen) atoms. The lowest BCUT2D eigenvalue weighted by molar-refractivity contribution is -0.385. The van der Waals surface area contributed by atoms with Crippen molar-refractivity contribution < 1.29 is 19.2 Å². The molecule has 108 valence electrons. The second-order valence-electron chi connectivity index (χ2n) is 4.21. The summed E-state index contributed by atoms with van der Waals surface area (Å²) in [4.78, 5) is 21.2. The smallest absolute Gasteiger partial charge is 0.283 e. The topological polar surface area (TPSA) is 78.7 Å². The molecule has 2 rings (SSSR count). The van der Waals surface area contributed by atoms with Crippen LogP contribution < -0.4 is 9.47 Å². The number of nitrogens with zero attached hydrogens (tertiary/aromatic N) is 1. The van der Waals surface area contributed by atoms with Gasteiger partial charge in [0, 0.05) is 6.07 Å². The Labute approximate surface area is 121 Å². The van der Waals surface area contributed by atoms with Crippen LogP contribution >= 0.6 is 0 Å². The summed E-state index contributed by atoms with van der Waals surface area (Å²) in [5.74, 6) is 0.497. The molecule has 0 bridgehead atoms. The van der Waals surface area contributed by atoms with Gasteiger partial charge in [0.1, 0.15) is 6.61 Å². The highest BCUT2D eigenvalue weighted by atomic mass is 16.6. The molecule has 0 aliphatic heterocycles. The zero-order valence-corrected chi connectivity index (χ0v) is 11.3. The van der Waals surface area contributed by atoms with Gasteiger partial charge in [0.15, 0.2) is 17.8 Å². The van der Waals surface area contributed by atoms with Crippen LogP contribution in [0.1, 0.15) is 15.9 Å². The normalized spacial score (nSPS) is 9.95. The van der Waals surface area contributed by atoms with Gasteiger partial charge in [-0.05, 0) is 5.56 Å². The molecule has 0 N–H and O–H groups in total. The zero-order chi connectivity index (χ0) is 15.2. The molecule has 0 saturated carbocycles. The van der Waals surface area contributed by atoms with E-state index in [9.17, 15) is 14.9 Å². The average molecular weight is 287 g/mol. The van der Waals surface area contributed by atoms with Crippen LogP contribution in [-0.4, -0.2) is 18.3 Å². The molecule has 2 aromatic rings. The van der Waals surface area contributed by atoms with Crippen LogP contribution in [0.4, 0.5) is 5.69 Å². The molecule has 0 spiro atoms. The number of rotatable bonds is 6. The number of methoxy groups -OCH3 is 1. The third kappa shape index (κ3) is 3.36. The molecule has 0 aromatic heterocycles. The highest BCUT2D eigenvalue weighted by molar-refractivity contribution is 5.83. The monoisotopic (exact) mass is 287 g/mol. The predicted molar refractivity (Wildman–Crippen MR) is 75.8 cm³/mol. The predicted octanol–water partition coefficient (Wildman–Crippen LogP) is 2.99. The van der Waals surface area contributed by atoms with Gasteiger partial charge in [-0.1, -0.05) is 30.3 Å². The Balaban J connectivity index is 2.30. The van der Waals surface area contributed by atoms with Crippen LogP contribution in [0.3, 0.4) is 0 Å². The summed E-state index contributed by atoms with van der Waals surface area (Å²) in [5, 5.41) is 10.9. The van der Waals surface area contributed by atoms with Crippen LogP contribution in [-0.2, 0) is 6.61 Å². The van der Waals surface area contributed by atoms with Gasteiger partial charge in [-0.3, -0.25) is 14.9 Å². The van der Waals surface area contributed by atoms with Crippen molar-refractivity contribution >= 4 is 12.0 Å². The van der Waals surface area contributed by atoms with Crippen molar-refractivity contribution in [2.45, 2.75) is 6.61 Å². The summed E-state index contributed by atoms with van der Waals surface area (Å²) in [7, 11) is 1.38. The number of nitro groups is 1. The van der Waals surface area contributed by atoms with Crippen molar-refractivity contribution in [2.75, 3.05) is 7.11 Å². The SMILES string of the molecule is COc1cc([N+](=O)[O-])c(C=O)cc1OCc1ccccc1. The minimum atomic E-state index is -0.632. The molecule has 0 fully saturated rings. The third-order valence-electron chi connectivity index (χ3n) is 2.87. The van der Waals surface area contributed by atoms with Gasteiger partial charge < -0.3 is 9.47 Å². The first kappa shape index (κ1) is 14.5. The summed E-state index contributed by atoms with van der Waals surface area (Å²) in [5.41, 5.74) is 0.573. The Bertz CT molecular complexity index is 655. The second kappa shape index (κ2) is 6.51. The minimum Gasteiger partial charge on any atom is -0.493 e. The number of nitro benzene ring substituents is 1. The van der Waals surface area contributed by atoms with Gasteiger partial charge in [-0.15, -0.1) is 0 Å². The van der Waals surface area contributed by atoms with Crippen LogP contribution in [0.5, 0.6) is 11.5 Å². The number of benzene rings is 2. The Morgan fingerprint density at radius 1 is 1.19 bits per heavy atom. The van der Waals surface area contributed by atoms with E-state index in [0.29, 0.717) is 6.29 Å². The standard InChI is InChI=1S/C15H13NO5/c1-20-14-8-13(16(18)19)12(9-17)7-15(14)21-10-11-5-3-2-4-6-11/h2-9H,10H2,1H3. The quantitative estimate of drug-likeness (QED) is 0.463. The molecule has 0 radical (unpaired) electrons. The fraction of sp³-hybridized carbons (Fsp3) is 0.133. The van der Waals surface area contributed by atoms with Crippen molar-refractivity contribution in [1.29, 1.82) is 0 Å². The third-order valence-corrected chi connectivity index (χ3v) is 2.87. The van der Waals surface area contributed by atoms with Gasteiger partial charge in [0.25, 0.3) is 5.69 Å². The largest absolute Gasteiger partial charge is 0.493 e. The molecule has 0 saturated heterocycles. The van der Waals surface area contributed by atoms with Crippen LogP contribution in [0.15, 0.2) is 42.5 Å². The number of ether oxygens (including phenoxy) is 2. The van der Waals surface area contributed by atoms with E-state index in [2.05, 4.69) is 0 Å². The van der Waals surface area contributed by atoms with Crippen molar-refractivity contribution in [3.8, 4) is 11.5 Å². The maximum Gasteiger partial charge on any atom is 0.283 e. The Morgan fingerprint density at radius 2 is 1.90 bits per heavy atom. The van der Waals surface area contributed by atoms with Crippen LogP contribution in [0.2, 0.25) is 0 Å². The van der Waals surface area contributed by atoms with E-state index in [-0.39, 0.29) is 29.4 Å². The van der Waals surface area contributed by atoms with Crippen LogP contribution in [0.25, 0.3) is 0 Å². The molecule has 2 aromatic carbocycles. The molecular formula is C15H13NO5. The first-order chi connectivity index (χ1) is 10.2. The maximum atomic E-state index is 11.0. The first-order valence-corrected chi connectivity index (χ1v) is 6.14. The van der Waals surface area contributed by atoms with Crippen LogP contribution in [0, 0.1) is 10.1 Å². The van der Waals surface area contributed by atoms with Crippen molar-refractivity contribution in [1.82, 2.24) is 0 Å². The van der Waals surface area contributed by atoms with Crippen molar-refractivity contribution in [2.24, 2.45) is 0 Å². The fourth-order valence-corrected chi connectivity index (χ4v) is 1.83. The van der Waals surface area contributed by atoms with E-state index in [4.69, 9.17) is 9.47 Å². The van der Waals surface area contributed by atoms with Gasteiger partial charge in [0.05, 0.1) is 23.7 Å². The highest BCUT2D eigenvalue weighted by Crippen LogP contribution is 2.34. The van der Waals surface area contributed by atoms with Crippen molar-refractivity contribution in [3.63, 3.8) is 0 Å². The summed E-state index contributed by atoms with van der Waals surface area (Å²) < 4.78 is 10.7. The minimum absolute atomic E-state index is 0.0520. The summed E-state index contributed by atoms with van der Waals surface area (Å²) in [6.07, 6.45) is 0.424. The van der Waals surface area contributed by atoms with E-state index >= 15 is 0 Å². The Hall–Kier alpha value is -2.89. The van der Waals surface area contributed by atoms with Gasteiger partial charge in [0.2, 0.25) is 0 Å². The molecule has 6 nitrogen and oxygen atoms in total. The summed E-state index contributed by atoms with van der Waals surface area (Å²) >= 11 is 0. The molecule has 6 heteroatoms. The van der Waals surface area contributed by atoms with Gasteiger partial charge in [-0.2, -0.15) is 0 Å². The lowest BCUT2D eigenvalue weighted by atomic mass is 10.1. The van der Waals surface area contributed by atoms with E-state index < -0.39 is 4.92 Å². The number of hydrogen-bond donors (Lipinski definition) is 0. The number of aldehydes is 1. The molecule has 0 aliphatic rings. The second-order valence-corrected chi connectivity index (χ2v) is 4.21. The summed E-state index contributed by atoms with van der Waals surface area (Å²) in [6.45, 7) is 0.271. The van der Waals surface area contributed by atoms with E-state index in [1.54, 1.807) is 0 Å². The molecule has 0 unspecified atom stereocenters.